The molecule has 34 heavy (non-hydrogen) atoms. The molecule has 4 aromatic rings. The smallest absolute Gasteiger partial charge is 0.234 e. The van der Waals surface area contributed by atoms with Crippen LogP contribution in [0.4, 0.5) is 5.69 Å². The molecule has 1 aromatic heterocycles. The largest absolute Gasteiger partial charge is 0.495 e. The number of methoxy groups -OCH3 is 3. The van der Waals surface area contributed by atoms with Gasteiger partial charge in [0.15, 0.2) is 22.5 Å². The number of aromatic nitrogens is 3. The van der Waals surface area contributed by atoms with E-state index in [2.05, 4.69) is 15.5 Å². The summed E-state index contributed by atoms with van der Waals surface area (Å²) in [6.07, 6.45) is 0. The summed E-state index contributed by atoms with van der Waals surface area (Å²) in [6.45, 7) is 0. The van der Waals surface area contributed by atoms with Crippen molar-refractivity contribution in [3.8, 4) is 34.3 Å². The van der Waals surface area contributed by atoms with Crippen molar-refractivity contribution in [2.75, 3.05) is 32.4 Å². The molecule has 0 unspecified atom stereocenters. The molecule has 0 fully saturated rings. The highest BCUT2D eigenvalue weighted by Crippen LogP contribution is 2.34. The van der Waals surface area contributed by atoms with Crippen LogP contribution >= 0.6 is 11.8 Å². The van der Waals surface area contributed by atoms with Crippen molar-refractivity contribution in [3.63, 3.8) is 0 Å². The molecule has 0 radical (unpaired) electrons. The highest BCUT2D eigenvalue weighted by atomic mass is 32.2. The Hall–Kier alpha value is -3.98. The number of anilines is 1. The first-order valence-corrected chi connectivity index (χ1v) is 11.4. The second kappa shape index (κ2) is 10.8. The molecule has 0 aliphatic carbocycles. The van der Waals surface area contributed by atoms with Gasteiger partial charge in [-0.05, 0) is 42.5 Å². The average Bonchev–Trinajstić information content (AvgIpc) is 3.32. The standard InChI is InChI=1S/C25H24N4O4S/c1-31-20-12-8-7-11-19(20)26-23(30)16-34-25-28-27-24(29(25)18-9-5-4-6-10-18)17-13-14-21(32-2)22(15-17)33-3/h4-15H,16H2,1-3H3,(H,26,30). The highest BCUT2D eigenvalue weighted by molar-refractivity contribution is 7.99. The maximum Gasteiger partial charge on any atom is 0.234 e. The van der Waals surface area contributed by atoms with E-state index in [1.807, 2.05) is 65.2 Å². The molecule has 0 spiro atoms. The second-order valence-electron chi connectivity index (χ2n) is 7.08. The minimum absolute atomic E-state index is 0.148. The van der Waals surface area contributed by atoms with E-state index in [1.165, 1.54) is 11.8 Å². The van der Waals surface area contributed by atoms with Crippen molar-refractivity contribution in [2.45, 2.75) is 5.16 Å². The zero-order chi connectivity index (χ0) is 23.9. The molecule has 0 saturated heterocycles. The van der Waals surface area contributed by atoms with Gasteiger partial charge >= 0.3 is 0 Å². The minimum atomic E-state index is -0.176. The first kappa shape index (κ1) is 23.2. The van der Waals surface area contributed by atoms with Gasteiger partial charge in [-0.1, -0.05) is 42.1 Å². The van der Waals surface area contributed by atoms with Crippen molar-refractivity contribution >= 4 is 23.4 Å². The van der Waals surface area contributed by atoms with Crippen LogP contribution in [0.5, 0.6) is 17.2 Å². The molecule has 0 aliphatic rings. The molecular weight excluding hydrogens is 452 g/mol. The Morgan fingerprint density at radius 3 is 2.29 bits per heavy atom. The first-order valence-electron chi connectivity index (χ1n) is 10.4. The third-order valence-electron chi connectivity index (χ3n) is 5.00. The third-order valence-corrected chi connectivity index (χ3v) is 5.93. The molecule has 8 nitrogen and oxygen atoms in total. The SMILES string of the molecule is COc1ccccc1NC(=O)CSc1nnc(-c2ccc(OC)c(OC)c2)n1-c1ccccc1. The van der Waals surface area contributed by atoms with Gasteiger partial charge in [0.1, 0.15) is 5.75 Å². The third kappa shape index (κ3) is 4.99. The number of hydrogen-bond donors (Lipinski definition) is 1. The van der Waals surface area contributed by atoms with Gasteiger partial charge in [-0.3, -0.25) is 9.36 Å². The maximum absolute atomic E-state index is 12.7. The van der Waals surface area contributed by atoms with E-state index < -0.39 is 0 Å². The second-order valence-corrected chi connectivity index (χ2v) is 8.03. The van der Waals surface area contributed by atoms with Crippen molar-refractivity contribution < 1.29 is 19.0 Å². The van der Waals surface area contributed by atoms with Gasteiger partial charge in [0.2, 0.25) is 5.91 Å². The number of rotatable bonds is 9. The minimum Gasteiger partial charge on any atom is -0.495 e. The molecule has 174 valence electrons. The van der Waals surface area contributed by atoms with Crippen LogP contribution in [0.15, 0.2) is 78.0 Å². The molecule has 0 atom stereocenters. The molecule has 1 heterocycles. The molecule has 0 bridgehead atoms. The van der Waals surface area contributed by atoms with E-state index in [1.54, 1.807) is 33.5 Å². The normalized spacial score (nSPS) is 10.6. The van der Waals surface area contributed by atoms with Crippen molar-refractivity contribution in [1.29, 1.82) is 0 Å². The summed E-state index contributed by atoms with van der Waals surface area (Å²) in [6, 6.07) is 22.6. The predicted molar refractivity (Wildman–Crippen MR) is 132 cm³/mol. The Balaban J connectivity index is 1.62. The number of carbonyl (C=O) groups excluding carboxylic acids is 1. The Kier molecular flexibility index (Phi) is 7.34. The number of nitrogens with zero attached hydrogens (tertiary/aromatic N) is 3. The average molecular weight is 477 g/mol. The number of carbonyl (C=O) groups is 1. The van der Waals surface area contributed by atoms with E-state index in [9.17, 15) is 4.79 Å². The Labute approximate surface area is 201 Å². The van der Waals surface area contributed by atoms with Gasteiger partial charge in [0, 0.05) is 11.3 Å². The molecule has 4 rings (SSSR count). The van der Waals surface area contributed by atoms with Crippen LogP contribution in [0.25, 0.3) is 17.1 Å². The van der Waals surface area contributed by atoms with E-state index in [0.29, 0.717) is 33.9 Å². The van der Waals surface area contributed by atoms with Gasteiger partial charge in [-0.15, -0.1) is 10.2 Å². The molecule has 3 aromatic carbocycles. The van der Waals surface area contributed by atoms with Gasteiger partial charge in [-0.25, -0.2) is 0 Å². The van der Waals surface area contributed by atoms with Crippen LogP contribution in [0.1, 0.15) is 0 Å². The summed E-state index contributed by atoms with van der Waals surface area (Å²) in [5, 5.41) is 12.3. The summed E-state index contributed by atoms with van der Waals surface area (Å²) in [5.41, 5.74) is 2.30. The Morgan fingerprint density at radius 1 is 0.853 bits per heavy atom. The molecule has 0 aliphatic heterocycles. The fourth-order valence-electron chi connectivity index (χ4n) is 3.40. The van der Waals surface area contributed by atoms with Crippen molar-refractivity contribution in [2.24, 2.45) is 0 Å². The van der Waals surface area contributed by atoms with Crippen LogP contribution < -0.4 is 19.5 Å². The summed E-state index contributed by atoms with van der Waals surface area (Å²) >= 11 is 1.30. The van der Waals surface area contributed by atoms with Crippen LogP contribution in [0.2, 0.25) is 0 Å². The lowest BCUT2D eigenvalue weighted by Gasteiger charge is -2.13. The summed E-state index contributed by atoms with van der Waals surface area (Å²) in [7, 11) is 4.75. The van der Waals surface area contributed by atoms with Crippen LogP contribution in [0, 0.1) is 0 Å². The Morgan fingerprint density at radius 2 is 1.56 bits per heavy atom. The predicted octanol–water partition coefficient (Wildman–Crippen LogP) is 4.69. The molecule has 9 heteroatoms. The fraction of sp³-hybridized carbons (Fsp3) is 0.160. The van der Waals surface area contributed by atoms with Crippen LogP contribution in [-0.2, 0) is 4.79 Å². The lowest BCUT2D eigenvalue weighted by molar-refractivity contribution is -0.113. The summed E-state index contributed by atoms with van der Waals surface area (Å²) in [4.78, 5) is 12.7. The summed E-state index contributed by atoms with van der Waals surface area (Å²) < 4.78 is 18.0. The monoisotopic (exact) mass is 476 g/mol. The van der Waals surface area contributed by atoms with Crippen molar-refractivity contribution in [1.82, 2.24) is 14.8 Å². The number of ether oxygens (including phenoxy) is 3. The van der Waals surface area contributed by atoms with E-state index in [-0.39, 0.29) is 11.7 Å². The summed E-state index contributed by atoms with van der Waals surface area (Å²) in [5.74, 6) is 2.41. The number of nitrogens with one attached hydrogen (secondary N) is 1. The quantitative estimate of drug-likeness (QED) is 0.351. The van der Waals surface area contributed by atoms with Gasteiger partial charge in [0.05, 0.1) is 32.8 Å². The van der Waals surface area contributed by atoms with Gasteiger partial charge < -0.3 is 19.5 Å². The number of benzene rings is 3. The van der Waals surface area contributed by atoms with Crippen LogP contribution in [0.3, 0.4) is 0 Å². The molecule has 0 saturated carbocycles. The van der Waals surface area contributed by atoms with Crippen LogP contribution in [-0.4, -0.2) is 47.8 Å². The number of amides is 1. The number of para-hydroxylation sites is 3. The number of thioether (sulfide) groups is 1. The molecule has 1 amide bonds. The fourth-order valence-corrected chi connectivity index (χ4v) is 4.15. The van der Waals surface area contributed by atoms with Gasteiger partial charge in [0.25, 0.3) is 0 Å². The first-order chi connectivity index (χ1) is 16.6. The van der Waals surface area contributed by atoms with E-state index in [0.717, 1.165) is 11.3 Å². The highest BCUT2D eigenvalue weighted by Gasteiger charge is 2.19. The Bertz CT molecular complexity index is 1280. The van der Waals surface area contributed by atoms with E-state index in [4.69, 9.17) is 14.2 Å². The van der Waals surface area contributed by atoms with Crippen molar-refractivity contribution in [3.05, 3.63) is 72.8 Å². The van der Waals surface area contributed by atoms with Gasteiger partial charge in [-0.2, -0.15) is 0 Å². The zero-order valence-electron chi connectivity index (χ0n) is 19.0. The molecule has 1 N–H and O–H groups in total. The topological polar surface area (TPSA) is 87.5 Å². The molecular formula is C25H24N4O4S. The van der Waals surface area contributed by atoms with E-state index >= 15 is 0 Å². The zero-order valence-corrected chi connectivity index (χ0v) is 19.8. The maximum atomic E-state index is 12.7. The number of hydrogen-bond acceptors (Lipinski definition) is 7. The lowest BCUT2D eigenvalue weighted by Crippen LogP contribution is -2.15. The lowest BCUT2D eigenvalue weighted by atomic mass is 10.2.